The van der Waals surface area contributed by atoms with Crippen molar-refractivity contribution in [3.8, 4) is 0 Å². The molecule has 0 aliphatic carbocycles. The summed E-state index contributed by atoms with van der Waals surface area (Å²) in [7, 11) is 0. The molecule has 7 nitrogen and oxygen atoms in total. The maximum Gasteiger partial charge on any atom is 0.338 e. The second kappa shape index (κ2) is 10.9. The summed E-state index contributed by atoms with van der Waals surface area (Å²) in [4.78, 5) is 35.5. The lowest BCUT2D eigenvalue weighted by atomic mass is 9.90. The fourth-order valence-electron chi connectivity index (χ4n) is 4.86. The largest absolute Gasteiger partial charge is 0.457 e. The zero-order valence-electron chi connectivity index (χ0n) is 21.4. The summed E-state index contributed by atoms with van der Waals surface area (Å²) in [5.74, 6) is -0.346. The Labute approximate surface area is 221 Å². The van der Waals surface area contributed by atoms with Crippen LogP contribution in [0, 0.1) is 13.8 Å². The van der Waals surface area contributed by atoms with Gasteiger partial charge in [-0.1, -0.05) is 65.9 Å². The Hall–Kier alpha value is -3.36. The lowest BCUT2D eigenvalue weighted by molar-refractivity contribution is -0.141. The van der Waals surface area contributed by atoms with Crippen molar-refractivity contribution < 1.29 is 19.1 Å². The Morgan fingerprint density at radius 1 is 1.08 bits per heavy atom. The highest BCUT2D eigenvalue weighted by Crippen LogP contribution is 2.46. The van der Waals surface area contributed by atoms with Crippen molar-refractivity contribution in [1.82, 2.24) is 9.80 Å². The highest BCUT2D eigenvalue weighted by molar-refractivity contribution is 8.16. The summed E-state index contributed by atoms with van der Waals surface area (Å²) in [6, 6.07) is 15.5. The Bertz CT molecular complexity index is 1300. The molecule has 2 aromatic carbocycles. The number of esters is 1. The van der Waals surface area contributed by atoms with Crippen molar-refractivity contribution in [2.45, 2.75) is 39.8 Å². The zero-order valence-corrected chi connectivity index (χ0v) is 22.2. The number of hydrogen-bond donors (Lipinski definition) is 0. The van der Waals surface area contributed by atoms with Gasteiger partial charge >= 0.3 is 5.97 Å². The van der Waals surface area contributed by atoms with Gasteiger partial charge in [0.1, 0.15) is 6.61 Å². The molecule has 0 N–H and O–H groups in total. The number of amides is 1. The van der Waals surface area contributed by atoms with Crippen LogP contribution in [-0.4, -0.2) is 53.1 Å². The summed E-state index contributed by atoms with van der Waals surface area (Å²) in [6.07, 6.45) is 0.235. The van der Waals surface area contributed by atoms with Gasteiger partial charge in [-0.3, -0.25) is 4.79 Å². The maximum atomic E-state index is 13.6. The number of aliphatic imine (C=N–C) groups is 1. The van der Waals surface area contributed by atoms with Crippen LogP contribution in [0.5, 0.6) is 0 Å². The summed E-state index contributed by atoms with van der Waals surface area (Å²) in [5, 5.41) is 2.76. The number of rotatable bonds is 6. The van der Waals surface area contributed by atoms with Crippen LogP contribution in [-0.2, 0) is 25.7 Å². The highest BCUT2D eigenvalue weighted by Gasteiger charge is 2.42. The van der Waals surface area contributed by atoms with Gasteiger partial charge in [0.25, 0.3) is 0 Å². The molecule has 1 atom stereocenters. The Morgan fingerprint density at radius 2 is 1.84 bits per heavy atom. The van der Waals surface area contributed by atoms with Crippen molar-refractivity contribution in [2.24, 2.45) is 4.99 Å². The van der Waals surface area contributed by atoms with Crippen LogP contribution < -0.4 is 0 Å². The molecule has 3 aliphatic rings. The number of fused-ring (bicyclic) bond motifs is 1. The fourth-order valence-corrected chi connectivity index (χ4v) is 5.82. The van der Waals surface area contributed by atoms with E-state index >= 15 is 0 Å². The van der Waals surface area contributed by atoms with E-state index in [1.807, 2.05) is 61.4 Å². The minimum absolute atomic E-state index is 0.0515. The summed E-state index contributed by atoms with van der Waals surface area (Å²) < 4.78 is 11.2. The number of carbonyl (C=O) groups is 2. The van der Waals surface area contributed by atoms with Gasteiger partial charge in [0.2, 0.25) is 5.91 Å². The van der Waals surface area contributed by atoms with E-state index in [9.17, 15) is 9.59 Å². The van der Waals surface area contributed by atoms with Crippen LogP contribution in [0.4, 0.5) is 0 Å². The second-order valence-electron chi connectivity index (χ2n) is 9.48. The van der Waals surface area contributed by atoms with Crippen molar-refractivity contribution in [3.63, 3.8) is 0 Å². The third kappa shape index (κ3) is 5.36. The Balaban J connectivity index is 1.49. The highest BCUT2D eigenvalue weighted by atomic mass is 32.2. The van der Waals surface area contributed by atoms with Crippen LogP contribution in [0.15, 0.2) is 75.9 Å². The number of amidine groups is 1. The van der Waals surface area contributed by atoms with Crippen molar-refractivity contribution in [1.29, 1.82) is 0 Å². The molecule has 1 amide bonds. The topological polar surface area (TPSA) is 71.4 Å². The predicted octanol–water partition coefficient (Wildman–Crippen LogP) is 4.87. The van der Waals surface area contributed by atoms with E-state index in [1.54, 1.807) is 0 Å². The molecule has 1 unspecified atom stereocenters. The lowest BCUT2D eigenvalue weighted by Gasteiger charge is -2.37. The first kappa shape index (κ1) is 25.3. The third-order valence-corrected chi connectivity index (χ3v) is 7.75. The number of carbonyl (C=O) groups excluding carboxylic acids is 2. The maximum absolute atomic E-state index is 13.6. The summed E-state index contributed by atoms with van der Waals surface area (Å²) >= 11 is 1.49. The first-order chi connectivity index (χ1) is 17.9. The van der Waals surface area contributed by atoms with Crippen LogP contribution in [0.3, 0.4) is 0 Å². The molecule has 1 saturated heterocycles. The molecule has 3 heterocycles. The molecule has 8 heteroatoms. The molecular formula is C29H31N3O4S. The van der Waals surface area contributed by atoms with Crippen molar-refractivity contribution in [2.75, 3.05) is 26.3 Å². The molecule has 3 aliphatic heterocycles. The first-order valence-corrected chi connectivity index (χ1v) is 13.4. The first-order valence-electron chi connectivity index (χ1n) is 12.5. The molecule has 37 heavy (non-hydrogen) atoms. The molecular weight excluding hydrogens is 486 g/mol. The van der Waals surface area contributed by atoms with Gasteiger partial charge in [-0.15, -0.1) is 0 Å². The molecule has 0 bridgehead atoms. The number of benzene rings is 2. The van der Waals surface area contributed by atoms with E-state index in [0.717, 1.165) is 33.1 Å². The van der Waals surface area contributed by atoms with Crippen LogP contribution in [0.2, 0.25) is 0 Å². The number of ether oxygens (including phenoxy) is 2. The monoisotopic (exact) mass is 517 g/mol. The minimum Gasteiger partial charge on any atom is -0.457 e. The van der Waals surface area contributed by atoms with Crippen LogP contribution >= 0.6 is 11.8 Å². The molecule has 0 aromatic heterocycles. The van der Waals surface area contributed by atoms with Crippen LogP contribution in [0.1, 0.15) is 41.6 Å². The smallest absolute Gasteiger partial charge is 0.338 e. The Kier molecular flexibility index (Phi) is 7.48. The van der Waals surface area contributed by atoms with Gasteiger partial charge in [0.15, 0.2) is 5.17 Å². The molecule has 1 fully saturated rings. The third-order valence-electron chi connectivity index (χ3n) is 6.86. The minimum atomic E-state index is -0.436. The normalized spacial score (nSPS) is 19.4. The van der Waals surface area contributed by atoms with Gasteiger partial charge in [0.05, 0.1) is 36.9 Å². The number of aryl methyl sites for hydroxylation is 2. The zero-order chi connectivity index (χ0) is 25.9. The average molecular weight is 518 g/mol. The number of allylic oxidation sites excluding steroid dienone is 1. The molecule has 2 aromatic rings. The summed E-state index contributed by atoms with van der Waals surface area (Å²) in [5.41, 5.74) is 6.07. The van der Waals surface area contributed by atoms with Gasteiger partial charge in [-0.25, -0.2) is 9.79 Å². The predicted molar refractivity (Wildman–Crippen MR) is 145 cm³/mol. The fraction of sp³-hybridized carbons (Fsp3) is 0.345. The van der Waals surface area contributed by atoms with E-state index < -0.39 is 12.0 Å². The van der Waals surface area contributed by atoms with E-state index in [-0.39, 0.29) is 18.9 Å². The molecule has 0 radical (unpaired) electrons. The lowest BCUT2D eigenvalue weighted by Crippen LogP contribution is -2.42. The van der Waals surface area contributed by atoms with E-state index in [4.69, 9.17) is 14.5 Å². The van der Waals surface area contributed by atoms with Crippen molar-refractivity contribution in [3.05, 3.63) is 93.2 Å². The summed E-state index contributed by atoms with van der Waals surface area (Å²) in [6.45, 7) is 8.43. The van der Waals surface area contributed by atoms with Crippen molar-refractivity contribution >= 4 is 28.8 Å². The molecule has 192 valence electrons. The van der Waals surface area contributed by atoms with Gasteiger partial charge < -0.3 is 19.3 Å². The quantitative estimate of drug-likeness (QED) is 0.509. The van der Waals surface area contributed by atoms with Crippen LogP contribution in [0.25, 0.3) is 0 Å². The van der Waals surface area contributed by atoms with Gasteiger partial charge in [-0.05, 0) is 42.9 Å². The molecule has 0 saturated carbocycles. The molecule has 5 rings (SSSR count). The number of thioether (sulfide) groups is 1. The SMILES string of the molecule is CC1=C(C(=O)OCc2ccccc2)C(c2cc(C)ccc2C)N2C(CC(=O)N3CCOCC3)=CSC2=N1. The van der Waals surface area contributed by atoms with E-state index in [1.165, 1.54) is 11.8 Å². The van der Waals surface area contributed by atoms with Gasteiger partial charge in [-0.2, -0.15) is 0 Å². The number of morpholine rings is 1. The van der Waals surface area contributed by atoms with E-state index in [0.29, 0.717) is 37.6 Å². The second-order valence-corrected chi connectivity index (χ2v) is 10.3. The van der Waals surface area contributed by atoms with Gasteiger partial charge in [0, 0.05) is 18.8 Å². The number of nitrogens with zero attached hydrogens (tertiary/aromatic N) is 3. The standard InChI is InChI=1S/C29H31N3O4S/c1-19-9-10-20(2)24(15-19)27-26(28(34)36-17-22-7-5-4-6-8-22)21(3)30-29-32(27)23(18-37-29)16-25(33)31-11-13-35-14-12-31/h4-10,15,18,27H,11-14,16-17H2,1-3H3. The Morgan fingerprint density at radius 3 is 2.59 bits per heavy atom. The number of hydrogen-bond acceptors (Lipinski definition) is 7. The van der Waals surface area contributed by atoms with E-state index in [2.05, 4.69) is 23.1 Å². The molecule has 0 spiro atoms. The average Bonchev–Trinajstić information content (AvgIpc) is 3.30.